The van der Waals surface area contributed by atoms with Gasteiger partial charge < -0.3 is 4.74 Å². The minimum absolute atomic E-state index is 0.0536. The molecule has 1 N–H and O–H groups in total. The van der Waals surface area contributed by atoms with E-state index in [2.05, 4.69) is 6.58 Å². The Kier molecular flexibility index (Phi) is 7.70. The van der Waals surface area contributed by atoms with Crippen molar-refractivity contribution in [3.05, 3.63) is 107 Å². The number of fused-ring (bicyclic) bond motifs is 1. The van der Waals surface area contributed by atoms with E-state index < -0.39 is 45.7 Å². The number of hydrogen-bond acceptors (Lipinski definition) is 3. The highest BCUT2D eigenvalue weighted by atomic mass is 32.2. The summed E-state index contributed by atoms with van der Waals surface area (Å²) in [6.07, 6.45) is -11.1. The molecule has 0 radical (unpaired) electrons. The van der Waals surface area contributed by atoms with Gasteiger partial charge in [0, 0.05) is 5.56 Å². The Morgan fingerprint density at radius 2 is 1.50 bits per heavy atom. The first kappa shape index (κ1) is 29.8. The average Bonchev–Trinajstić information content (AvgIpc) is 3.16. The van der Waals surface area contributed by atoms with Crippen molar-refractivity contribution < 1.29 is 39.7 Å². The van der Waals surface area contributed by atoms with Gasteiger partial charge in [0.15, 0.2) is 0 Å². The highest BCUT2D eigenvalue weighted by molar-refractivity contribution is 8.01. The zero-order valence-electron chi connectivity index (χ0n) is 21.5. The molecule has 0 fully saturated rings. The first-order chi connectivity index (χ1) is 18.5. The lowest BCUT2D eigenvalue weighted by atomic mass is 9.90. The third kappa shape index (κ3) is 5.05. The highest BCUT2D eigenvalue weighted by Crippen LogP contribution is 2.54. The number of benzene rings is 3. The maximum atomic E-state index is 14.4. The van der Waals surface area contributed by atoms with E-state index in [9.17, 15) is 34.9 Å². The molecule has 0 aromatic heterocycles. The summed E-state index contributed by atoms with van der Waals surface area (Å²) >= 11 is 0. The fraction of sp³-hybridized carbons (Fsp3) is 0.310. The predicted molar refractivity (Wildman–Crippen MR) is 137 cm³/mol. The molecule has 3 aromatic rings. The minimum Gasteiger partial charge on any atom is -0.349 e. The first-order valence-electron chi connectivity index (χ1n) is 12.2. The standard InChI is InChI=1S/C29H26F7NO2S/c1-17-15-18(2)26-21(5-4-6-25(17)26)16-39-27(28(31,32)33,29(34,35)36)22-9-7-20(8-10-22)19(3)40(37,38)24-13-11-23(30)12-14-24/h4-14,17-18,37H,3,15-16H2,1-2H3. The zero-order chi connectivity index (χ0) is 29.7. The summed E-state index contributed by atoms with van der Waals surface area (Å²) < 4.78 is 126. The number of rotatable bonds is 7. The van der Waals surface area contributed by atoms with Crippen LogP contribution in [0.25, 0.3) is 4.91 Å². The molecule has 3 atom stereocenters. The molecule has 0 saturated heterocycles. The molecule has 214 valence electrons. The summed E-state index contributed by atoms with van der Waals surface area (Å²) in [7, 11) is -3.81. The maximum Gasteiger partial charge on any atom is 0.430 e. The summed E-state index contributed by atoms with van der Waals surface area (Å²) in [5, 5.41) is 0. The van der Waals surface area contributed by atoms with Gasteiger partial charge in [0.2, 0.25) is 0 Å². The molecule has 3 unspecified atom stereocenters. The van der Waals surface area contributed by atoms with Gasteiger partial charge in [0.25, 0.3) is 5.60 Å². The van der Waals surface area contributed by atoms with Crippen LogP contribution in [0.4, 0.5) is 30.7 Å². The van der Waals surface area contributed by atoms with Crippen LogP contribution < -0.4 is 0 Å². The maximum absolute atomic E-state index is 14.4. The van der Waals surface area contributed by atoms with Crippen LogP contribution in [-0.4, -0.2) is 16.6 Å². The lowest BCUT2D eigenvalue weighted by Gasteiger charge is -2.37. The van der Waals surface area contributed by atoms with Gasteiger partial charge in [0.1, 0.15) is 15.5 Å². The van der Waals surface area contributed by atoms with Crippen LogP contribution in [0.5, 0.6) is 0 Å². The Morgan fingerprint density at radius 3 is 2.05 bits per heavy atom. The molecule has 3 aromatic carbocycles. The molecule has 40 heavy (non-hydrogen) atoms. The molecule has 11 heteroatoms. The van der Waals surface area contributed by atoms with Crippen molar-refractivity contribution >= 4 is 14.6 Å². The topological polar surface area (TPSA) is 50.1 Å². The molecule has 0 saturated carbocycles. The van der Waals surface area contributed by atoms with E-state index in [1.807, 2.05) is 19.9 Å². The van der Waals surface area contributed by atoms with Crippen molar-refractivity contribution in [2.75, 3.05) is 0 Å². The van der Waals surface area contributed by atoms with Crippen LogP contribution in [0.15, 0.2) is 78.2 Å². The normalized spacial score (nSPS) is 19.2. The Labute approximate surface area is 227 Å². The average molecular weight is 586 g/mol. The van der Waals surface area contributed by atoms with Crippen molar-refractivity contribution in [1.82, 2.24) is 0 Å². The molecule has 0 spiro atoms. The Hall–Kier alpha value is -3.18. The summed E-state index contributed by atoms with van der Waals surface area (Å²) in [6.45, 7) is 6.46. The van der Waals surface area contributed by atoms with E-state index in [0.29, 0.717) is 17.7 Å². The van der Waals surface area contributed by atoms with E-state index in [-0.39, 0.29) is 32.8 Å². The van der Waals surface area contributed by atoms with Gasteiger partial charge in [-0.2, -0.15) is 26.3 Å². The van der Waals surface area contributed by atoms with Crippen molar-refractivity contribution in [3.63, 3.8) is 0 Å². The number of ether oxygens (including phenoxy) is 1. The van der Waals surface area contributed by atoms with Crippen LogP contribution in [0.3, 0.4) is 0 Å². The molecule has 4 rings (SSSR count). The van der Waals surface area contributed by atoms with E-state index >= 15 is 0 Å². The Morgan fingerprint density at radius 1 is 0.925 bits per heavy atom. The van der Waals surface area contributed by atoms with Crippen molar-refractivity contribution in [1.29, 1.82) is 4.78 Å². The second-order valence-electron chi connectivity index (χ2n) is 9.93. The smallest absolute Gasteiger partial charge is 0.349 e. The first-order valence-corrected chi connectivity index (χ1v) is 13.8. The Bertz CT molecular complexity index is 1500. The van der Waals surface area contributed by atoms with Crippen LogP contribution in [-0.2, 0) is 26.7 Å². The predicted octanol–water partition coefficient (Wildman–Crippen LogP) is 9.05. The molecule has 3 nitrogen and oxygen atoms in total. The summed E-state index contributed by atoms with van der Waals surface area (Å²) in [5.74, 6) is -0.584. The third-order valence-corrected chi connectivity index (χ3v) is 9.18. The summed E-state index contributed by atoms with van der Waals surface area (Å²) in [5.41, 5.74) is -4.17. The fourth-order valence-corrected chi connectivity index (χ4v) is 6.58. The van der Waals surface area contributed by atoms with E-state index in [1.54, 1.807) is 6.07 Å². The van der Waals surface area contributed by atoms with Gasteiger partial charge in [-0.15, -0.1) is 0 Å². The number of alkyl halides is 6. The number of halogens is 7. The molecular formula is C29H26F7NO2S. The van der Waals surface area contributed by atoms with E-state index in [4.69, 9.17) is 9.52 Å². The lowest BCUT2D eigenvalue weighted by molar-refractivity contribution is -0.392. The Balaban J connectivity index is 1.73. The molecule has 0 amide bonds. The van der Waals surface area contributed by atoms with Crippen molar-refractivity contribution in [2.24, 2.45) is 0 Å². The second kappa shape index (κ2) is 10.3. The van der Waals surface area contributed by atoms with E-state index in [1.165, 1.54) is 6.07 Å². The molecule has 0 aliphatic heterocycles. The number of nitrogens with one attached hydrogen (secondary N) is 1. The van der Waals surface area contributed by atoms with Crippen LogP contribution in [0.1, 0.15) is 59.9 Å². The van der Waals surface area contributed by atoms with Crippen LogP contribution in [0, 0.1) is 10.6 Å². The van der Waals surface area contributed by atoms with Gasteiger partial charge in [-0.05, 0) is 64.8 Å². The second-order valence-corrected chi connectivity index (χ2v) is 12.0. The molecule has 0 heterocycles. The zero-order valence-corrected chi connectivity index (χ0v) is 22.3. The molecule has 1 aliphatic carbocycles. The van der Waals surface area contributed by atoms with Crippen LogP contribution >= 0.6 is 0 Å². The van der Waals surface area contributed by atoms with Gasteiger partial charge >= 0.3 is 12.4 Å². The van der Waals surface area contributed by atoms with Crippen LogP contribution in [0.2, 0.25) is 0 Å². The van der Waals surface area contributed by atoms with Crippen molar-refractivity contribution in [3.8, 4) is 0 Å². The minimum atomic E-state index is -5.89. The summed E-state index contributed by atoms with van der Waals surface area (Å²) in [6, 6.07) is 12.0. The third-order valence-electron chi connectivity index (χ3n) is 7.31. The largest absolute Gasteiger partial charge is 0.430 e. The molecular weight excluding hydrogens is 559 g/mol. The quantitative estimate of drug-likeness (QED) is 0.281. The van der Waals surface area contributed by atoms with E-state index in [0.717, 1.165) is 48.4 Å². The molecule has 1 aliphatic rings. The fourth-order valence-electron chi connectivity index (χ4n) is 5.31. The summed E-state index contributed by atoms with van der Waals surface area (Å²) in [4.78, 5) is -0.482. The molecule has 0 bridgehead atoms. The number of hydrogen-bond donors (Lipinski definition) is 1. The van der Waals surface area contributed by atoms with Gasteiger partial charge in [-0.3, -0.25) is 0 Å². The SMILES string of the molecule is C=C(c1ccc(C(OCc2cccc3c2C(C)CC3C)(C(F)(F)F)C(F)(F)F)cc1)S(=N)(=O)c1ccc(F)cc1. The van der Waals surface area contributed by atoms with Gasteiger partial charge in [-0.1, -0.05) is 62.9 Å². The van der Waals surface area contributed by atoms with Gasteiger partial charge in [-0.25, -0.2) is 13.4 Å². The van der Waals surface area contributed by atoms with Gasteiger partial charge in [0.05, 0.1) is 16.4 Å². The van der Waals surface area contributed by atoms with Crippen molar-refractivity contribution in [2.45, 2.75) is 61.6 Å². The monoisotopic (exact) mass is 585 g/mol. The highest BCUT2D eigenvalue weighted by Gasteiger charge is 2.73. The lowest BCUT2D eigenvalue weighted by Crippen LogP contribution is -2.55.